The molecule has 0 saturated carbocycles. The van der Waals surface area contributed by atoms with E-state index in [4.69, 9.17) is 4.74 Å². The molecule has 1 saturated heterocycles. The van der Waals surface area contributed by atoms with E-state index < -0.39 is 0 Å². The molecular weight excluding hydrogens is 416 g/mol. The van der Waals surface area contributed by atoms with Gasteiger partial charge in [0.15, 0.2) is 0 Å². The van der Waals surface area contributed by atoms with E-state index in [0.29, 0.717) is 24.3 Å². The van der Waals surface area contributed by atoms with Gasteiger partial charge in [-0.25, -0.2) is 0 Å². The summed E-state index contributed by atoms with van der Waals surface area (Å²) in [6.07, 6.45) is 3.91. The van der Waals surface area contributed by atoms with Crippen LogP contribution < -0.4 is 20.3 Å². The molecule has 2 amide bonds. The number of ether oxygens (including phenoxy) is 1. The number of unbranched alkanes of at least 4 members (excludes halogenated alkanes) is 1. The predicted octanol–water partition coefficient (Wildman–Crippen LogP) is 2.54. The second-order valence-corrected chi connectivity index (χ2v) is 8.42. The fraction of sp³-hybridized carbons (Fsp3) is 0.385. The van der Waals surface area contributed by atoms with Crippen LogP contribution >= 0.6 is 0 Å². The van der Waals surface area contributed by atoms with E-state index in [-0.39, 0.29) is 11.8 Å². The largest absolute Gasteiger partial charge is 0.488 e. The molecule has 0 aliphatic carbocycles. The van der Waals surface area contributed by atoms with Gasteiger partial charge in [0.05, 0.1) is 5.57 Å². The second kappa shape index (κ2) is 11.0. The summed E-state index contributed by atoms with van der Waals surface area (Å²) in [7, 11) is 1.65. The first kappa shape index (κ1) is 22.9. The first-order valence-corrected chi connectivity index (χ1v) is 11.6. The molecule has 0 atom stereocenters. The van der Waals surface area contributed by atoms with Gasteiger partial charge in [-0.05, 0) is 49.7 Å². The molecule has 2 heterocycles. The number of benzene rings is 2. The maximum atomic E-state index is 12.4. The lowest BCUT2D eigenvalue weighted by molar-refractivity contribution is -0.117. The number of carbonyl (C=O) groups excluding carboxylic acids is 2. The molecular formula is C26H32N4O3. The number of hydrogen-bond donors (Lipinski definition) is 2. The Kier molecular flexibility index (Phi) is 7.62. The summed E-state index contributed by atoms with van der Waals surface area (Å²) in [6, 6.07) is 15.6. The summed E-state index contributed by atoms with van der Waals surface area (Å²) in [5.41, 5.74) is 3.42. The van der Waals surface area contributed by atoms with Gasteiger partial charge in [-0.1, -0.05) is 24.3 Å². The molecule has 7 heteroatoms. The van der Waals surface area contributed by atoms with Crippen LogP contribution in [0.1, 0.15) is 28.8 Å². The molecule has 0 bridgehead atoms. The molecule has 0 spiro atoms. The lowest BCUT2D eigenvalue weighted by atomic mass is 10.1. The Balaban J connectivity index is 1.14. The van der Waals surface area contributed by atoms with Gasteiger partial charge in [0.1, 0.15) is 12.4 Å². The maximum absolute atomic E-state index is 12.4. The van der Waals surface area contributed by atoms with Gasteiger partial charge in [-0.2, -0.15) is 0 Å². The molecule has 4 rings (SSSR count). The summed E-state index contributed by atoms with van der Waals surface area (Å²) >= 11 is 0. The smallest absolute Gasteiger partial charge is 0.251 e. The Labute approximate surface area is 195 Å². The number of fused-ring (bicyclic) bond motifs is 1. The minimum absolute atomic E-state index is 0.0443. The Hall–Kier alpha value is -3.32. The molecule has 174 valence electrons. The Morgan fingerprint density at radius 1 is 0.970 bits per heavy atom. The minimum atomic E-state index is -0.0558. The molecule has 2 aliphatic rings. The quantitative estimate of drug-likeness (QED) is 0.607. The van der Waals surface area contributed by atoms with E-state index in [9.17, 15) is 9.59 Å². The van der Waals surface area contributed by atoms with Crippen LogP contribution in [0.2, 0.25) is 0 Å². The Morgan fingerprint density at radius 2 is 1.79 bits per heavy atom. The van der Waals surface area contributed by atoms with Crippen molar-refractivity contribution in [2.75, 3.05) is 57.8 Å². The normalized spacial score (nSPS) is 15.8. The number of carbonyl (C=O) groups is 2. The number of anilines is 1. The molecule has 2 aliphatic heterocycles. The van der Waals surface area contributed by atoms with Crippen molar-refractivity contribution in [2.24, 2.45) is 0 Å². The van der Waals surface area contributed by atoms with Crippen molar-refractivity contribution in [3.05, 3.63) is 65.2 Å². The van der Waals surface area contributed by atoms with Crippen LogP contribution in [0.5, 0.6) is 5.75 Å². The van der Waals surface area contributed by atoms with E-state index in [1.165, 1.54) is 0 Å². The fourth-order valence-electron chi connectivity index (χ4n) is 4.24. The number of para-hydroxylation sites is 1. The van der Waals surface area contributed by atoms with Crippen LogP contribution in [0.15, 0.2) is 54.1 Å². The third kappa shape index (κ3) is 5.93. The summed E-state index contributed by atoms with van der Waals surface area (Å²) in [5, 5.41) is 5.70. The van der Waals surface area contributed by atoms with Gasteiger partial charge >= 0.3 is 0 Å². The first-order chi connectivity index (χ1) is 16.1. The van der Waals surface area contributed by atoms with E-state index in [1.807, 2.05) is 48.5 Å². The van der Waals surface area contributed by atoms with E-state index in [2.05, 4.69) is 26.5 Å². The minimum Gasteiger partial charge on any atom is -0.488 e. The highest BCUT2D eigenvalue weighted by atomic mass is 16.5. The third-order valence-electron chi connectivity index (χ3n) is 6.18. The molecule has 2 N–H and O–H groups in total. The summed E-state index contributed by atoms with van der Waals surface area (Å²) in [6.45, 7) is 5.91. The summed E-state index contributed by atoms with van der Waals surface area (Å²) in [4.78, 5) is 29.1. The topological polar surface area (TPSA) is 73.9 Å². The second-order valence-electron chi connectivity index (χ2n) is 8.42. The third-order valence-corrected chi connectivity index (χ3v) is 6.18. The number of rotatable bonds is 8. The monoisotopic (exact) mass is 448 g/mol. The number of amides is 2. The molecule has 1 fully saturated rings. The average Bonchev–Trinajstić information content (AvgIpc) is 2.88. The lowest BCUT2D eigenvalue weighted by Gasteiger charge is -2.36. The van der Waals surface area contributed by atoms with Crippen LogP contribution in [0.4, 0.5) is 5.69 Å². The van der Waals surface area contributed by atoms with Gasteiger partial charge in [0, 0.05) is 56.6 Å². The fourth-order valence-corrected chi connectivity index (χ4v) is 4.24. The van der Waals surface area contributed by atoms with Gasteiger partial charge in [0.25, 0.3) is 11.8 Å². The van der Waals surface area contributed by atoms with Crippen molar-refractivity contribution in [1.82, 2.24) is 15.5 Å². The first-order valence-electron chi connectivity index (χ1n) is 11.6. The van der Waals surface area contributed by atoms with Crippen molar-refractivity contribution in [2.45, 2.75) is 12.8 Å². The van der Waals surface area contributed by atoms with E-state index in [1.54, 1.807) is 7.05 Å². The van der Waals surface area contributed by atoms with Crippen molar-refractivity contribution >= 4 is 23.6 Å². The van der Waals surface area contributed by atoms with Crippen molar-refractivity contribution in [3.63, 3.8) is 0 Å². The molecule has 0 aromatic heterocycles. The number of nitrogens with zero attached hydrogens (tertiary/aromatic N) is 2. The molecule has 7 nitrogen and oxygen atoms in total. The van der Waals surface area contributed by atoms with Crippen molar-refractivity contribution in [3.8, 4) is 5.75 Å². The number of piperazine rings is 1. The number of nitrogens with one attached hydrogen (secondary N) is 2. The standard InChI is InChI=1S/C26H32N4O3/c1-27-25(31)21-8-6-9-23(18-21)30-15-13-29(14-16-30)12-5-4-11-28-26(32)22-17-20-7-2-3-10-24(20)33-19-22/h2-3,6-10,17-18H,4-5,11-16,19H2,1H3,(H,27,31)(H,28,32). The van der Waals surface area contributed by atoms with Crippen LogP contribution in [-0.4, -0.2) is 69.6 Å². The van der Waals surface area contributed by atoms with Gasteiger partial charge in [0.2, 0.25) is 0 Å². The lowest BCUT2D eigenvalue weighted by Crippen LogP contribution is -2.46. The van der Waals surface area contributed by atoms with Gasteiger partial charge < -0.3 is 20.3 Å². The zero-order chi connectivity index (χ0) is 23.0. The molecule has 0 unspecified atom stereocenters. The Morgan fingerprint density at radius 3 is 2.61 bits per heavy atom. The maximum Gasteiger partial charge on any atom is 0.251 e. The van der Waals surface area contributed by atoms with Crippen molar-refractivity contribution < 1.29 is 14.3 Å². The zero-order valence-corrected chi connectivity index (χ0v) is 19.2. The van der Waals surface area contributed by atoms with E-state index in [0.717, 1.165) is 62.6 Å². The predicted molar refractivity (Wildman–Crippen MR) is 131 cm³/mol. The van der Waals surface area contributed by atoms with E-state index >= 15 is 0 Å². The summed E-state index contributed by atoms with van der Waals surface area (Å²) in [5.74, 6) is 0.727. The molecule has 33 heavy (non-hydrogen) atoms. The van der Waals surface area contributed by atoms with Gasteiger partial charge in [-0.15, -0.1) is 0 Å². The Bertz CT molecular complexity index is 1010. The highest BCUT2D eigenvalue weighted by Gasteiger charge is 2.18. The average molecular weight is 449 g/mol. The SMILES string of the molecule is CNC(=O)c1cccc(N2CCN(CCCCNC(=O)C3=Cc4ccccc4OC3)CC2)c1. The van der Waals surface area contributed by atoms with Crippen LogP contribution in [0.3, 0.4) is 0 Å². The summed E-state index contributed by atoms with van der Waals surface area (Å²) < 4.78 is 5.67. The van der Waals surface area contributed by atoms with Crippen molar-refractivity contribution in [1.29, 1.82) is 0 Å². The highest BCUT2D eigenvalue weighted by Crippen LogP contribution is 2.25. The van der Waals surface area contributed by atoms with Gasteiger partial charge in [-0.3, -0.25) is 14.5 Å². The highest BCUT2D eigenvalue weighted by molar-refractivity contribution is 5.99. The molecule has 2 aromatic carbocycles. The van der Waals surface area contributed by atoms with Crippen LogP contribution in [0.25, 0.3) is 6.08 Å². The molecule has 2 aromatic rings. The zero-order valence-electron chi connectivity index (χ0n) is 19.2. The number of hydrogen-bond acceptors (Lipinski definition) is 5. The van der Waals surface area contributed by atoms with Crippen LogP contribution in [-0.2, 0) is 4.79 Å². The van der Waals surface area contributed by atoms with Crippen LogP contribution in [0, 0.1) is 0 Å². The molecule has 0 radical (unpaired) electrons.